The van der Waals surface area contributed by atoms with E-state index in [9.17, 15) is 9.59 Å². The Morgan fingerprint density at radius 3 is 2.75 bits per heavy atom. The van der Waals surface area contributed by atoms with Crippen molar-refractivity contribution in [3.8, 4) is 11.4 Å². The highest BCUT2D eigenvalue weighted by Crippen LogP contribution is 2.33. The molecule has 0 bridgehead atoms. The number of hydrogen-bond acceptors (Lipinski definition) is 6. The molecule has 0 fully saturated rings. The van der Waals surface area contributed by atoms with Crippen molar-refractivity contribution < 1.29 is 14.0 Å². The molecule has 3 amide bonds. The average Bonchev–Trinajstić information content (AvgIpc) is 3.26. The SMILES string of the molecule is C[C@H](Sc1nnc(-c2ccc(Cl)cc2Cl)n1Cc1ccco1)C(=O)NC(N)=O. The number of rotatable bonds is 6. The van der Waals surface area contributed by atoms with E-state index in [2.05, 4.69) is 10.2 Å². The van der Waals surface area contributed by atoms with Crippen LogP contribution in [0, 0.1) is 0 Å². The summed E-state index contributed by atoms with van der Waals surface area (Å²) in [6, 6.07) is 7.72. The summed E-state index contributed by atoms with van der Waals surface area (Å²) in [6.45, 7) is 1.95. The van der Waals surface area contributed by atoms with Gasteiger partial charge in [-0.3, -0.25) is 14.7 Å². The second-order valence-electron chi connectivity index (χ2n) is 5.71. The van der Waals surface area contributed by atoms with Crippen LogP contribution in [0.4, 0.5) is 4.79 Å². The Morgan fingerprint density at radius 2 is 2.11 bits per heavy atom. The number of aromatic nitrogens is 3. The van der Waals surface area contributed by atoms with Gasteiger partial charge in [0.05, 0.1) is 23.1 Å². The van der Waals surface area contributed by atoms with Gasteiger partial charge in [-0.05, 0) is 37.3 Å². The number of nitrogens with one attached hydrogen (secondary N) is 1. The van der Waals surface area contributed by atoms with Crippen LogP contribution in [0.5, 0.6) is 0 Å². The minimum absolute atomic E-state index is 0.320. The van der Waals surface area contributed by atoms with Gasteiger partial charge in [0.1, 0.15) is 5.76 Å². The second-order valence-corrected chi connectivity index (χ2v) is 7.86. The summed E-state index contributed by atoms with van der Waals surface area (Å²) in [5, 5.41) is 11.2. The Morgan fingerprint density at radius 1 is 1.32 bits per heavy atom. The maximum Gasteiger partial charge on any atom is 0.318 e. The normalized spacial score (nSPS) is 12.0. The number of amides is 3. The number of thioether (sulfide) groups is 1. The van der Waals surface area contributed by atoms with Crippen LogP contribution in [-0.4, -0.2) is 32.0 Å². The third-order valence-corrected chi connectivity index (χ3v) is 5.31. The Balaban J connectivity index is 1.97. The summed E-state index contributed by atoms with van der Waals surface area (Å²) in [5.74, 6) is 0.626. The molecule has 0 saturated carbocycles. The molecule has 0 radical (unpaired) electrons. The zero-order chi connectivity index (χ0) is 20.3. The summed E-state index contributed by atoms with van der Waals surface area (Å²) < 4.78 is 7.20. The van der Waals surface area contributed by atoms with Gasteiger partial charge < -0.3 is 10.2 Å². The van der Waals surface area contributed by atoms with Crippen molar-refractivity contribution >= 4 is 46.9 Å². The van der Waals surface area contributed by atoms with Gasteiger partial charge in [-0.2, -0.15) is 0 Å². The number of nitrogens with zero attached hydrogens (tertiary/aromatic N) is 3. The summed E-state index contributed by atoms with van der Waals surface area (Å²) in [4.78, 5) is 22.9. The van der Waals surface area contributed by atoms with Crippen molar-refractivity contribution in [1.29, 1.82) is 0 Å². The molecule has 1 atom stereocenters. The highest BCUT2D eigenvalue weighted by molar-refractivity contribution is 8.00. The van der Waals surface area contributed by atoms with E-state index in [-0.39, 0.29) is 0 Å². The van der Waals surface area contributed by atoms with Crippen LogP contribution in [0.3, 0.4) is 0 Å². The molecule has 146 valence electrons. The van der Waals surface area contributed by atoms with Crippen molar-refractivity contribution in [3.05, 3.63) is 52.4 Å². The Labute approximate surface area is 174 Å². The van der Waals surface area contributed by atoms with Gasteiger partial charge in [-0.25, -0.2) is 4.79 Å². The quantitative estimate of drug-likeness (QED) is 0.566. The molecular formula is C17H15Cl2N5O3S. The Kier molecular flexibility index (Phi) is 6.28. The second kappa shape index (κ2) is 8.68. The minimum atomic E-state index is -0.914. The number of primary amides is 1. The molecule has 0 aliphatic heterocycles. The lowest BCUT2D eigenvalue weighted by atomic mass is 10.2. The van der Waals surface area contributed by atoms with Gasteiger partial charge in [0, 0.05) is 10.6 Å². The number of halogens is 2. The van der Waals surface area contributed by atoms with Crippen LogP contribution in [0.25, 0.3) is 11.4 Å². The number of urea groups is 1. The molecule has 0 aliphatic rings. The van der Waals surface area contributed by atoms with E-state index in [4.69, 9.17) is 33.4 Å². The predicted molar refractivity (Wildman–Crippen MR) is 106 cm³/mol. The highest BCUT2D eigenvalue weighted by Gasteiger charge is 2.23. The number of furan rings is 1. The van der Waals surface area contributed by atoms with Crippen LogP contribution >= 0.6 is 35.0 Å². The molecule has 2 aromatic heterocycles. The third-order valence-electron chi connectivity index (χ3n) is 3.68. The van der Waals surface area contributed by atoms with Crippen LogP contribution in [0.1, 0.15) is 12.7 Å². The predicted octanol–water partition coefficient (Wildman–Crippen LogP) is 3.57. The number of carbonyl (C=O) groups excluding carboxylic acids is 2. The average molecular weight is 440 g/mol. The highest BCUT2D eigenvalue weighted by atomic mass is 35.5. The van der Waals surface area contributed by atoms with Gasteiger partial charge in [0.15, 0.2) is 11.0 Å². The van der Waals surface area contributed by atoms with E-state index < -0.39 is 17.2 Å². The van der Waals surface area contributed by atoms with Gasteiger partial charge in [0.25, 0.3) is 0 Å². The summed E-state index contributed by atoms with van der Waals surface area (Å²) in [6.07, 6.45) is 1.56. The number of nitrogens with two attached hydrogens (primary N) is 1. The maximum absolute atomic E-state index is 12.0. The number of imide groups is 1. The molecule has 0 saturated heterocycles. The fourth-order valence-electron chi connectivity index (χ4n) is 2.38. The Bertz CT molecular complexity index is 1010. The molecule has 3 aromatic rings. The molecule has 0 aliphatic carbocycles. The summed E-state index contributed by atoms with van der Waals surface area (Å²) in [7, 11) is 0. The first-order valence-corrected chi connectivity index (χ1v) is 9.66. The monoisotopic (exact) mass is 439 g/mol. The van der Waals surface area contributed by atoms with E-state index in [1.54, 1.807) is 42.0 Å². The largest absolute Gasteiger partial charge is 0.467 e. The van der Waals surface area contributed by atoms with Crippen molar-refractivity contribution in [3.63, 3.8) is 0 Å². The fraction of sp³-hybridized carbons (Fsp3) is 0.176. The number of benzene rings is 1. The maximum atomic E-state index is 12.0. The van der Waals surface area contributed by atoms with Crippen LogP contribution in [-0.2, 0) is 11.3 Å². The molecule has 3 rings (SSSR count). The lowest BCUT2D eigenvalue weighted by Crippen LogP contribution is -2.39. The van der Waals surface area contributed by atoms with Crippen molar-refractivity contribution in [2.24, 2.45) is 5.73 Å². The van der Waals surface area contributed by atoms with Crippen molar-refractivity contribution in [2.45, 2.75) is 23.9 Å². The summed E-state index contributed by atoms with van der Waals surface area (Å²) >= 11 is 13.4. The molecule has 1 aromatic carbocycles. The number of carbonyl (C=O) groups is 2. The van der Waals surface area contributed by atoms with Crippen LogP contribution in [0.15, 0.2) is 46.2 Å². The smallest absolute Gasteiger partial charge is 0.318 e. The lowest BCUT2D eigenvalue weighted by molar-refractivity contribution is -0.119. The zero-order valence-electron chi connectivity index (χ0n) is 14.6. The zero-order valence-corrected chi connectivity index (χ0v) is 16.9. The third kappa shape index (κ3) is 4.67. The van der Waals surface area contributed by atoms with Crippen molar-refractivity contribution in [2.75, 3.05) is 0 Å². The first kappa shape index (κ1) is 20.2. The molecule has 8 nitrogen and oxygen atoms in total. The fourth-order valence-corrected chi connectivity index (χ4v) is 3.72. The first-order chi connectivity index (χ1) is 13.3. The lowest BCUT2D eigenvalue weighted by Gasteiger charge is -2.12. The number of hydrogen-bond donors (Lipinski definition) is 2. The topological polar surface area (TPSA) is 116 Å². The minimum Gasteiger partial charge on any atom is -0.467 e. The van der Waals surface area contributed by atoms with Gasteiger partial charge in [-0.15, -0.1) is 10.2 Å². The van der Waals surface area contributed by atoms with Crippen molar-refractivity contribution in [1.82, 2.24) is 20.1 Å². The molecule has 2 heterocycles. The van der Waals surface area contributed by atoms with E-state index >= 15 is 0 Å². The standard InChI is InChI=1S/C17H15Cl2N5O3S/c1-9(15(25)21-16(20)26)28-17-23-22-14(12-5-4-10(18)7-13(12)19)24(17)8-11-3-2-6-27-11/h2-7,9H,8H2,1H3,(H3,20,21,25,26)/t9-/m0/s1. The summed E-state index contributed by atoms with van der Waals surface area (Å²) in [5.41, 5.74) is 5.63. The molecule has 0 unspecified atom stereocenters. The molecular weight excluding hydrogens is 425 g/mol. The van der Waals surface area contributed by atoms with Gasteiger partial charge >= 0.3 is 6.03 Å². The molecule has 11 heteroatoms. The molecule has 28 heavy (non-hydrogen) atoms. The first-order valence-electron chi connectivity index (χ1n) is 8.03. The van der Waals surface area contributed by atoms with Gasteiger partial charge in [0.2, 0.25) is 5.91 Å². The van der Waals surface area contributed by atoms with E-state index in [0.717, 1.165) is 11.8 Å². The van der Waals surface area contributed by atoms with E-state index in [0.29, 0.717) is 38.9 Å². The van der Waals surface area contributed by atoms with E-state index in [1.165, 1.54) is 0 Å². The van der Waals surface area contributed by atoms with Crippen LogP contribution in [0.2, 0.25) is 10.0 Å². The van der Waals surface area contributed by atoms with Crippen LogP contribution < -0.4 is 11.1 Å². The Hall–Kier alpha value is -2.49. The van der Waals surface area contributed by atoms with Gasteiger partial charge in [-0.1, -0.05) is 35.0 Å². The molecule has 0 spiro atoms. The van der Waals surface area contributed by atoms with E-state index in [1.807, 2.05) is 11.4 Å². The molecule has 3 N–H and O–H groups in total.